The third-order valence-electron chi connectivity index (χ3n) is 3.64. The van der Waals surface area contributed by atoms with Crippen LogP contribution in [-0.4, -0.2) is 30.3 Å². The van der Waals surface area contributed by atoms with Crippen LogP contribution >= 0.6 is 11.6 Å². The highest BCUT2D eigenvalue weighted by Crippen LogP contribution is 2.27. The third kappa shape index (κ3) is 7.24. The van der Waals surface area contributed by atoms with Gasteiger partial charge in [0.2, 0.25) is 5.91 Å². The molecule has 0 aliphatic heterocycles. The average Bonchev–Trinajstić information content (AvgIpc) is 2.66. The number of alkyl halides is 3. The number of benzene rings is 1. The molecule has 1 radical (unpaired) electrons. The fraction of sp³-hybridized carbons (Fsp3) is 0.278. The summed E-state index contributed by atoms with van der Waals surface area (Å²) in [4.78, 5) is 26.9. The summed E-state index contributed by atoms with van der Waals surface area (Å²) in [6.45, 7) is 0.205. The normalized spacial score (nSPS) is 12.2. The number of carbonyl (C=O) groups is 2. The number of pyridine rings is 1. The first-order valence-electron chi connectivity index (χ1n) is 8.29. The summed E-state index contributed by atoms with van der Waals surface area (Å²) in [6.07, 6.45) is -5.99. The summed E-state index contributed by atoms with van der Waals surface area (Å²) < 4.78 is 42.7. The number of ether oxygens (including phenoxy) is 1. The molecule has 1 aromatic heterocycles. The molecule has 0 spiro atoms. The van der Waals surface area contributed by atoms with E-state index < -0.39 is 30.1 Å². The molecule has 155 valence electrons. The Morgan fingerprint density at radius 3 is 2.55 bits per heavy atom. The van der Waals surface area contributed by atoms with Crippen molar-refractivity contribution in [2.24, 2.45) is 0 Å². The van der Waals surface area contributed by atoms with E-state index in [0.717, 1.165) is 23.9 Å². The Morgan fingerprint density at radius 2 is 1.97 bits per heavy atom. The van der Waals surface area contributed by atoms with Gasteiger partial charge in [-0.25, -0.2) is 9.78 Å². The van der Waals surface area contributed by atoms with Gasteiger partial charge in [-0.2, -0.15) is 13.2 Å². The van der Waals surface area contributed by atoms with Crippen molar-refractivity contribution in [1.82, 2.24) is 15.6 Å². The number of carbonyl (C=O) groups excluding carboxylic acids is 2. The number of hydrogen-bond acceptors (Lipinski definition) is 5. The maximum absolute atomic E-state index is 12.5. The largest absolute Gasteiger partial charge is 0.433 e. The Bertz CT molecular complexity index is 847. The molecule has 0 saturated carbocycles. The number of halogens is 4. The van der Waals surface area contributed by atoms with E-state index in [1.54, 1.807) is 24.3 Å². The van der Waals surface area contributed by atoms with E-state index in [0.29, 0.717) is 5.02 Å². The predicted octanol–water partition coefficient (Wildman–Crippen LogP) is 3.57. The maximum Gasteiger partial charge on any atom is 0.433 e. The molecule has 2 rings (SSSR count). The van der Waals surface area contributed by atoms with Gasteiger partial charge in [0.05, 0.1) is 18.3 Å². The molecule has 1 heterocycles. The molecule has 2 aromatic rings. The smallest absolute Gasteiger partial charge is 0.430 e. The second-order valence-corrected chi connectivity index (χ2v) is 6.15. The van der Waals surface area contributed by atoms with Crippen LogP contribution in [0.4, 0.5) is 23.7 Å². The zero-order valence-corrected chi connectivity index (χ0v) is 15.9. The number of nitrogens with zero attached hydrogens (tertiary/aromatic N) is 2. The third-order valence-corrected chi connectivity index (χ3v) is 4.01. The van der Waals surface area contributed by atoms with Crippen LogP contribution in [0.1, 0.15) is 17.7 Å². The first-order valence-corrected chi connectivity index (χ1v) is 8.67. The zero-order valence-electron chi connectivity index (χ0n) is 15.2. The molecule has 2 N–H and O–H groups in total. The summed E-state index contributed by atoms with van der Waals surface area (Å²) in [5, 5.41) is 9.11. The Morgan fingerprint density at radius 1 is 1.24 bits per heavy atom. The van der Waals surface area contributed by atoms with Gasteiger partial charge in [0.1, 0.15) is 5.69 Å². The van der Waals surface area contributed by atoms with E-state index >= 15 is 0 Å². The molecule has 1 atom stereocenters. The molecule has 0 aliphatic carbocycles. The minimum atomic E-state index is -4.59. The van der Waals surface area contributed by atoms with E-state index in [4.69, 9.17) is 16.3 Å². The van der Waals surface area contributed by atoms with Gasteiger partial charge >= 0.3 is 12.3 Å². The molecule has 0 aliphatic rings. The van der Waals surface area contributed by atoms with Gasteiger partial charge < -0.3 is 4.74 Å². The molecular formula is C18H17ClF3N4O3. The SMILES string of the molecule is C[N]C(=O)CC(NCc1ccccc1Cl)OC(=O)Nc1ccc(C(F)(F)F)nc1. The molecule has 11 heteroatoms. The van der Waals surface area contributed by atoms with Crippen molar-refractivity contribution in [2.75, 3.05) is 12.4 Å². The Labute approximate surface area is 169 Å². The first-order chi connectivity index (χ1) is 13.7. The van der Waals surface area contributed by atoms with Crippen LogP contribution < -0.4 is 16.0 Å². The Balaban J connectivity index is 1.98. The summed E-state index contributed by atoms with van der Waals surface area (Å²) in [6, 6.07) is 8.73. The molecule has 7 nitrogen and oxygen atoms in total. The lowest BCUT2D eigenvalue weighted by atomic mass is 10.2. The monoisotopic (exact) mass is 429 g/mol. The number of amides is 2. The van der Waals surface area contributed by atoms with E-state index in [-0.39, 0.29) is 18.7 Å². The second-order valence-electron chi connectivity index (χ2n) is 5.74. The zero-order chi connectivity index (χ0) is 21.4. The van der Waals surface area contributed by atoms with Crippen LogP contribution in [0.25, 0.3) is 0 Å². The van der Waals surface area contributed by atoms with Gasteiger partial charge in [-0.05, 0) is 23.8 Å². The molecule has 0 fully saturated rings. The Kier molecular flexibility index (Phi) is 7.80. The van der Waals surface area contributed by atoms with Gasteiger partial charge in [0.15, 0.2) is 6.23 Å². The van der Waals surface area contributed by atoms with Gasteiger partial charge in [-0.3, -0.25) is 20.7 Å². The lowest BCUT2D eigenvalue weighted by Crippen LogP contribution is -2.38. The van der Waals surface area contributed by atoms with Gasteiger partial charge in [-0.1, -0.05) is 29.8 Å². The van der Waals surface area contributed by atoms with Gasteiger partial charge in [-0.15, -0.1) is 0 Å². The van der Waals surface area contributed by atoms with E-state index in [9.17, 15) is 22.8 Å². The fourth-order valence-electron chi connectivity index (χ4n) is 2.18. The van der Waals surface area contributed by atoms with Crippen molar-refractivity contribution in [1.29, 1.82) is 0 Å². The molecular weight excluding hydrogens is 413 g/mol. The average molecular weight is 430 g/mol. The number of aromatic nitrogens is 1. The highest BCUT2D eigenvalue weighted by Gasteiger charge is 2.32. The first kappa shape index (κ1) is 22.4. The fourth-order valence-corrected chi connectivity index (χ4v) is 2.39. The molecule has 29 heavy (non-hydrogen) atoms. The summed E-state index contributed by atoms with van der Waals surface area (Å²) in [5.74, 6) is -0.509. The standard InChI is InChI=1S/C18H17ClF3N4O3/c1-23-15(27)8-16(25-9-11-4-2-3-5-13(11)19)29-17(28)26-12-6-7-14(24-10-12)18(20,21)22/h2-7,10,16,25H,8-9H2,1H3,(H,26,28). The van der Waals surface area contributed by atoms with Crippen molar-refractivity contribution >= 4 is 29.3 Å². The summed E-state index contributed by atoms with van der Waals surface area (Å²) >= 11 is 6.07. The van der Waals surface area contributed by atoms with E-state index in [2.05, 4.69) is 20.9 Å². The molecule has 1 unspecified atom stereocenters. The van der Waals surface area contributed by atoms with Gasteiger partial charge in [0, 0.05) is 18.6 Å². The lowest BCUT2D eigenvalue weighted by molar-refractivity contribution is -0.141. The van der Waals surface area contributed by atoms with Gasteiger partial charge in [0.25, 0.3) is 0 Å². The molecule has 2 amide bonds. The van der Waals surface area contributed by atoms with Crippen molar-refractivity contribution in [2.45, 2.75) is 25.4 Å². The molecule has 0 bridgehead atoms. The lowest BCUT2D eigenvalue weighted by Gasteiger charge is -2.19. The van der Waals surface area contributed by atoms with Crippen LogP contribution in [0, 0.1) is 0 Å². The number of rotatable bonds is 7. The van der Waals surface area contributed by atoms with Crippen molar-refractivity contribution in [3.63, 3.8) is 0 Å². The van der Waals surface area contributed by atoms with Crippen LogP contribution in [-0.2, 0) is 22.3 Å². The maximum atomic E-state index is 12.5. The topological polar surface area (TPSA) is 94.4 Å². The van der Waals surface area contributed by atoms with E-state index in [1.807, 2.05) is 0 Å². The van der Waals surface area contributed by atoms with Crippen LogP contribution in [0.3, 0.4) is 0 Å². The number of hydrogen-bond donors (Lipinski definition) is 2. The quantitative estimate of drug-likeness (QED) is 0.656. The molecule has 0 saturated heterocycles. The summed E-state index contributed by atoms with van der Waals surface area (Å²) in [7, 11) is 1.31. The van der Waals surface area contributed by atoms with E-state index in [1.165, 1.54) is 7.05 Å². The van der Waals surface area contributed by atoms with Crippen molar-refractivity contribution < 1.29 is 27.5 Å². The van der Waals surface area contributed by atoms with Crippen molar-refractivity contribution in [3.8, 4) is 0 Å². The minimum absolute atomic E-state index is 0.000593. The number of anilines is 1. The minimum Gasteiger partial charge on any atom is -0.430 e. The number of nitrogens with one attached hydrogen (secondary N) is 2. The molecule has 1 aromatic carbocycles. The summed E-state index contributed by atoms with van der Waals surface area (Å²) in [5.41, 5.74) is -0.374. The highest BCUT2D eigenvalue weighted by molar-refractivity contribution is 6.31. The second kappa shape index (κ2) is 10.1. The Hall–Kier alpha value is -2.85. The van der Waals surface area contributed by atoms with Crippen LogP contribution in [0.15, 0.2) is 42.6 Å². The van der Waals surface area contributed by atoms with Crippen molar-refractivity contribution in [3.05, 3.63) is 58.9 Å². The predicted molar refractivity (Wildman–Crippen MR) is 99.1 cm³/mol. The van der Waals surface area contributed by atoms with Crippen LogP contribution in [0.2, 0.25) is 5.02 Å². The van der Waals surface area contributed by atoms with Crippen LogP contribution in [0.5, 0.6) is 0 Å². The highest BCUT2D eigenvalue weighted by atomic mass is 35.5.